The molecule has 0 saturated carbocycles. The first kappa shape index (κ1) is 16.1. The Morgan fingerprint density at radius 2 is 2.19 bits per heavy atom. The van der Waals surface area contributed by atoms with Crippen LogP contribution in [0.2, 0.25) is 0 Å². The van der Waals surface area contributed by atoms with Crippen molar-refractivity contribution in [1.82, 2.24) is 9.80 Å². The summed E-state index contributed by atoms with van der Waals surface area (Å²) in [6, 6.07) is 0.368. The molecule has 118 valence electrons. The second-order valence-corrected chi connectivity index (χ2v) is 5.95. The second kappa shape index (κ2) is 8.22. The van der Waals surface area contributed by atoms with Gasteiger partial charge in [-0.3, -0.25) is 4.79 Å². The quantitative estimate of drug-likeness (QED) is 0.310. The predicted molar refractivity (Wildman–Crippen MR) is 79.8 cm³/mol. The molecule has 0 spiro atoms. The van der Waals surface area contributed by atoms with E-state index in [0.717, 1.165) is 52.0 Å². The third-order valence-electron chi connectivity index (χ3n) is 4.46. The number of rotatable bonds is 7. The highest BCUT2D eigenvalue weighted by molar-refractivity contribution is 5.79. The van der Waals surface area contributed by atoms with E-state index in [0.29, 0.717) is 19.0 Å². The molecule has 2 rings (SSSR count). The molecular weight excluding hydrogens is 270 g/mol. The van der Waals surface area contributed by atoms with Gasteiger partial charge in [0.2, 0.25) is 5.91 Å². The van der Waals surface area contributed by atoms with Crippen molar-refractivity contribution in [2.75, 3.05) is 46.4 Å². The van der Waals surface area contributed by atoms with Gasteiger partial charge in [0.15, 0.2) is 0 Å². The van der Waals surface area contributed by atoms with Crippen molar-refractivity contribution < 1.29 is 9.53 Å². The Balaban J connectivity index is 1.74. The number of methoxy groups -OCH3 is 1. The van der Waals surface area contributed by atoms with E-state index in [-0.39, 0.29) is 11.8 Å². The molecule has 2 fully saturated rings. The van der Waals surface area contributed by atoms with E-state index in [1.807, 2.05) is 4.90 Å². The molecule has 0 N–H and O–H groups in total. The van der Waals surface area contributed by atoms with Gasteiger partial charge in [-0.25, -0.2) is 0 Å². The number of hydrogen-bond donors (Lipinski definition) is 0. The molecule has 1 atom stereocenters. The Hall–Kier alpha value is -1.30. The van der Waals surface area contributed by atoms with Gasteiger partial charge in [0.1, 0.15) is 0 Å². The molecule has 1 amide bonds. The lowest BCUT2D eigenvalue weighted by Crippen LogP contribution is -2.45. The molecule has 0 radical (unpaired) electrons. The third-order valence-corrected chi connectivity index (χ3v) is 4.46. The minimum absolute atomic E-state index is 0.202. The SMILES string of the molecule is COCCCN1CCC(N2CC(CN=[N+]=[N-])CC2=O)CC1. The molecule has 2 saturated heterocycles. The number of nitrogens with zero attached hydrogens (tertiary/aromatic N) is 5. The van der Waals surface area contributed by atoms with Crippen LogP contribution in [0.25, 0.3) is 10.4 Å². The summed E-state index contributed by atoms with van der Waals surface area (Å²) in [4.78, 5) is 19.4. The maximum Gasteiger partial charge on any atom is 0.223 e. The molecule has 2 aliphatic rings. The second-order valence-electron chi connectivity index (χ2n) is 5.95. The summed E-state index contributed by atoms with van der Waals surface area (Å²) < 4.78 is 5.08. The van der Waals surface area contributed by atoms with Gasteiger partial charge >= 0.3 is 0 Å². The summed E-state index contributed by atoms with van der Waals surface area (Å²) in [7, 11) is 1.73. The molecule has 0 bridgehead atoms. The Labute approximate surface area is 125 Å². The van der Waals surface area contributed by atoms with Gasteiger partial charge < -0.3 is 14.5 Å². The molecule has 0 aliphatic carbocycles. The van der Waals surface area contributed by atoms with E-state index in [1.165, 1.54) is 0 Å². The average molecular weight is 295 g/mol. The molecule has 2 heterocycles. The van der Waals surface area contributed by atoms with Crippen LogP contribution in [-0.4, -0.2) is 68.2 Å². The lowest BCUT2D eigenvalue weighted by molar-refractivity contribution is -0.130. The van der Waals surface area contributed by atoms with Gasteiger partial charge in [0.25, 0.3) is 0 Å². The van der Waals surface area contributed by atoms with Crippen LogP contribution in [0, 0.1) is 5.92 Å². The predicted octanol–water partition coefficient (Wildman–Crippen LogP) is 1.65. The van der Waals surface area contributed by atoms with Crippen LogP contribution in [0.3, 0.4) is 0 Å². The normalized spacial score (nSPS) is 24.3. The van der Waals surface area contributed by atoms with Crippen LogP contribution in [0.1, 0.15) is 25.7 Å². The highest BCUT2D eigenvalue weighted by Gasteiger charge is 2.35. The fraction of sp³-hybridized carbons (Fsp3) is 0.929. The lowest BCUT2D eigenvalue weighted by atomic mass is 10.0. The molecule has 0 aromatic carbocycles. The molecular formula is C14H25N5O2. The summed E-state index contributed by atoms with van der Waals surface area (Å²) in [5, 5.41) is 3.60. The molecule has 1 unspecified atom stereocenters. The highest BCUT2D eigenvalue weighted by atomic mass is 16.5. The van der Waals surface area contributed by atoms with Crippen molar-refractivity contribution in [1.29, 1.82) is 0 Å². The monoisotopic (exact) mass is 295 g/mol. The Bertz CT molecular complexity index is 389. The van der Waals surface area contributed by atoms with Gasteiger partial charge in [-0.2, -0.15) is 0 Å². The average Bonchev–Trinajstić information content (AvgIpc) is 2.87. The largest absolute Gasteiger partial charge is 0.385 e. The van der Waals surface area contributed by atoms with Crippen molar-refractivity contribution in [3.63, 3.8) is 0 Å². The van der Waals surface area contributed by atoms with Crippen LogP contribution in [-0.2, 0) is 9.53 Å². The first-order valence-corrected chi connectivity index (χ1v) is 7.76. The molecule has 7 nitrogen and oxygen atoms in total. The van der Waals surface area contributed by atoms with Crippen molar-refractivity contribution in [3.05, 3.63) is 10.4 Å². The van der Waals surface area contributed by atoms with Crippen molar-refractivity contribution in [3.8, 4) is 0 Å². The molecule has 0 aromatic rings. The van der Waals surface area contributed by atoms with E-state index in [2.05, 4.69) is 14.9 Å². The van der Waals surface area contributed by atoms with E-state index in [9.17, 15) is 4.79 Å². The molecule has 0 aromatic heterocycles. The van der Waals surface area contributed by atoms with E-state index in [4.69, 9.17) is 10.3 Å². The van der Waals surface area contributed by atoms with Gasteiger partial charge in [0.05, 0.1) is 0 Å². The number of likely N-dealkylation sites (tertiary alicyclic amines) is 2. The summed E-state index contributed by atoms with van der Waals surface area (Å²) in [6.07, 6.45) is 3.70. The topological polar surface area (TPSA) is 81.5 Å². The smallest absolute Gasteiger partial charge is 0.223 e. The summed E-state index contributed by atoms with van der Waals surface area (Å²) >= 11 is 0. The number of amides is 1. The van der Waals surface area contributed by atoms with E-state index in [1.54, 1.807) is 7.11 Å². The van der Waals surface area contributed by atoms with Crippen LogP contribution in [0.15, 0.2) is 5.11 Å². The van der Waals surface area contributed by atoms with Crippen LogP contribution in [0.4, 0.5) is 0 Å². The standard InChI is InChI=1S/C14H25N5O2/c1-21-8-2-5-18-6-3-13(4-7-18)19-11-12(9-14(19)20)10-16-17-15/h12-13H,2-11H2,1H3. The summed E-state index contributed by atoms with van der Waals surface area (Å²) in [5.74, 6) is 0.430. The van der Waals surface area contributed by atoms with Gasteiger partial charge in [0, 0.05) is 63.8 Å². The summed E-state index contributed by atoms with van der Waals surface area (Å²) in [6.45, 7) is 5.19. The van der Waals surface area contributed by atoms with Crippen molar-refractivity contribution in [2.24, 2.45) is 11.0 Å². The van der Waals surface area contributed by atoms with Crippen LogP contribution < -0.4 is 0 Å². The Morgan fingerprint density at radius 3 is 2.86 bits per heavy atom. The number of azide groups is 1. The fourth-order valence-electron chi connectivity index (χ4n) is 3.32. The van der Waals surface area contributed by atoms with E-state index < -0.39 is 0 Å². The molecule has 7 heteroatoms. The number of carbonyl (C=O) groups excluding carboxylic acids is 1. The zero-order chi connectivity index (χ0) is 15.1. The van der Waals surface area contributed by atoms with E-state index >= 15 is 0 Å². The van der Waals surface area contributed by atoms with Gasteiger partial charge in [-0.1, -0.05) is 5.11 Å². The maximum absolute atomic E-state index is 12.1. The Morgan fingerprint density at radius 1 is 1.43 bits per heavy atom. The van der Waals surface area contributed by atoms with Crippen LogP contribution >= 0.6 is 0 Å². The number of carbonyl (C=O) groups is 1. The first-order chi connectivity index (χ1) is 10.2. The molecule has 2 aliphatic heterocycles. The highest BCUT2D eigenvalue weighted by Crippen LogP contribution is 2.25. The number of ether oxygens (including phenoxy) is 1. The maximum atomic E-state index is 12.1. The number of piperidine rings is 1. The zero-order valence-corrected chi connectivity index (χ0v) is 12.8. The van der Waals surface area contributed by atoms with Gasteiger partial charge in [-0.15, -0.1) is 0 Å². The van der Waals surface area contributed by atoms with Crippen LogP contribution in [0.5, 0.6) is 0 Å². The lowest BCUT2D eigenvalue weighted by Gasteiger charge is -2.36. The minimum atomic E-state index is 0.202. The van der Waals surface area contributed by atoms with Crippen molar-refractivity contribution >= 4 is 5.91 Å². The molecule has 21 heavy (non-hydrogen) atoms. The Kier molecular flexibility index (Phi) is 6.29. The first-order valence-electron chi connectivity index (χ1n) is 7.76. The zero-order valence-electron chi connectivity index (χ0n) is 12.8. The third kappa shape index (κ3) is 4.59. The summed E-state index contributed by atoms with van der Waals surface area (Å²) in [5.41, 5.74) is 8.37. The van der Waals surface area contributed by atoms with Crippen molar-refractivity contribution in [2.45, 2.75) is 31.7 Å². The van der Waals surface area contributed by atoms with Gasteiger partial charge in [-0.05, 0) is 30.7 Å². The minimum Gasteiger partial charge on any atom is -0.385 e. The fourth-order valence-corrected chi connectivity index (χ4v) is 3.32. The number of hydrogen-bond acceptors (Lipinski definition) is 4.